The molecule has 0 aliphatic carbocycles. The largest absolute Gasteiger partial charge is 0.433 e. The fourth-order valence-corrected chi connectivity index (χ4v) is 3.08. The molecular formula is C16H21ClF2N2O2. The van der Waals surface area contributed by atoms with Gasteiger partial charge < -0.3 is 15.4 Å². The van der Waals surface area contributed by atoms with Crippen molar-refractivity contribution in [3.05, 3.63) is 23.2 Å². The summed E-state index contributed by atoms with van der Waals surface area (Å²) in [5.74, 6) is 0.638. The molecule has 1 aliphatic heterocycles. The predicted octanol–water partition coefficient (Wildman–Crippen LogP) is 3.91. The zero-order valence-corrected chi connectivity index (χ0v) is 13.7. The Bertz CT molecular complexity index is 537. The average molecular weight is 347 g/mol. The Morgan fingerprint density at radius 3 is 2.74 bits per heavy atom. The molecule has 1 atom stereocenters. The van der Waals surface area contributed by atoms with Gasteiger partial charge in [-0.05, 0) is 56.0 Å². The first-order chi connectivity index (χ1) is 11.0. The molecule has 23 heavy (non-hydrogen) atoms. The molecule has 7 heteroatoms. The minimum absolute atomic E-state index is 0.0366. The maximum atomic E-state index is 12.2. The van der Waals surface area contributed by atoms with Crippen molar-refractivity contribution in [2.75, 3.05) is 18.4 Å². The van der Waals surface area contributed by atoms with E-state index < -0.39 is 6.61 Å². The standard InChI is InChI=1S/C16H21ClF2N2O2/c1-10(11-4-6-20-7-5-11)8-15(22)21-12-2-3-14(13(17)9-12)23-16(18)19/h2-3,9-11,16,20H,4-8H2,1H3,(H,21,22). The average Bonchev–Trinajstić information content (AvgIpc) is 2.50. The van der Waals surface area contributed by atoms with Crippen LogP contribution in [0, 0.1) is 11.8 Å². The van der Waals surface area contributed by atoms with Gasteiger partial charge in [0.25, 0.3) is 0 Å². The van der Waals surface area contributed by atoms with E-state index in [1.807, 2.05) is 0 Å². The van der Waals surface area contributed by atoms with Crippen molar-refractivity contribution in [2.45, 2.75) is 32.8 Å². The zero-order chi connectivity index (χ0) is 16.8. The second-order valence-electron chi connectivity index (χ2n) is 5.84. The first kappa shape index (κ1) is 17.9. The van der Waals surface area contributed by atoms with Gasteiger partial charge in [-0.3, -0.25) is 4.79 Å². The lowest BCUT2D eigenvalue weighted by Gasteiger charge is -2.27. The van der Waals surface area contributed by atoms with Crippen molar-refractivity contribution in [1.82, 2.24) is 5.32 Å². The smallest absolute Gasteiger partial charge is 0.387 e. The molecule has 0 saturated carbocycles. The van der Waals surface area contributed by atoms with Crippen LogP contribution in [0.1, 0.15) is 26.2 Å². The quantitative estimate of drug-likeness (QED) is 0.821. The lowest BCUT2D eigenvalue weighted by Crippen LogP contribution is -2.32. The monoisotopic (exact) mass is 346 g/mol. The number of anilines is 1. The minimum Gasteiger partial charge on any atom is -0.433 e. The van der Waals surface area contributed by atoms with Crippen LogP contribution >= 0.6 is 11.6 Å². The molecule has 1 unspecified atom stereocenters. The van der Waals surface area contributed by atoms with Gasteiger partial charge in [0.05, 0.1) is 5.02 Å². The summed E-state index contributed by atoms with van der Waals surface area (Å²) in [6.07, 6.45) is 2.59. The Labute approximate surface area is 139 Å². The van der Waals surface area contributed by atoms with Crippen LogP contribution in [0.25, 0.3) is 0 Å². The molecule has 4 nitrogen and oxygen atoms in total. The summed E-state index contributed by atoms with van der Waals surface area (Å²) in [6, 6.07) is 4.23. The molecule has 1 aromatic rings. The van der Waals surface area contributed by atoms with Gasteiger partial charge in [0, 0.05) is 12.1 Å². The number of carbonyl (C=O) groups excluding carboxylic acids is 1. The van der Waals surface area contributed by atoms with Crippen LogP contribution in [0.2, 0.25) is 5.02 Å². The molecule has 1 heterocycles. The van der Waals surface area contributed by atoms with Crippen molar-refractivity contribution >= 4 is 23.2 Å². The summed E-state index contributed by atoms with van der Waals surface area (Å²) in [7, 11) is 0. The number of rotatable bonds is 6. The number of nitrogens with one attached hydrogen (secondary N) is 2. The minimum atomic E-state index is -2.93. The number of alkyl halides is 2. The van der Waals surface area contributed by atoms with Gasteiger partial charge in [-0.15, -0.1) is 0 Å². The van der Waals surface area contributed by atoms with E-state index in [0.29, 0.717) is 23.9 Å². The van der Waals surface area contributed by atoms with E-state index in [-0.39, 0.29) is 16.7 Å². The fraction of sp³-hybridized carbons (Fsp3) is 0.562. The molecular weight excluding hydrogens is 326 g/mol. The summed E-state index contributed by atoms with van der Waals surface area (Å²) >= 11 is 5.87. The van der Waals surface area contributed by atoms with E-state index in [1.54, 1.807) is 0 Å². The molecule has 0 radical (unpaired) electrons. The lowest BCUT2D eigenvalue weighted by atomic mass is 9.84. The van der Waals surface area contributed by atoms with E-state index >= 15 is 0 Å². The third-order valence-electron chi connectivity index (χ3n) is 4.13. The van der Waals surface area contributed by atoms with Gasteiger partial charge in [-0.1, -0.05) is 18.5 Å². The van der Waals surface area contributed by atoms with Crippen molar-refractivity contribution < 1.29 is 18.3 Å². The number of hydrogen-bond acceptors (Lipinski definition) is 3. The molecule has 0 aromatic heterocycles. The summed E-state index contributed by atoms with van der Waals surface area (Å²) in [6.45, 7) is 1.15. The number of halogens is 3. The summed E-state index contributed by atoms with van der Waals surface area (Å²) in [5, 5.41) is 6.10. The number of hydrogen-bond donors (Lipinski definition) is 2. The van der Waals surface area contributed by atoms with Gasteiger partial charge in [-0.2, -0.15) is 8.78 Å². The van der Waals surface area contributed by atoms with E-state index in [1.165, 1.54) is 18.2 Å². The Balaban J connectivity index is 1.88. The molecule has 2 N–H and O–H groups in total. The summed E-state index contributed by atoms with van der Waals surface area (Å²) in [5.41, 5.74) is 0.471. The van der Waals surface area contributed by atoms with Gasteiger partial charge in [0.1, 0.15) is 5.75 Å². The number of ether oxygens (including phenoxy) is 1. The second kappa shape index (κ2) is 8.45. The van der Waals surface area contributed by atoms with Crippen LogP contribution in [0.3, 0.4) is 0 Å². The van der Waals surface area contributed by atoms with E-state index in [4.69, 9.17) is 11.6 Å². The second-order valence-corrected chi connectivity index (χ2v) is 6.25. The molecule has 0 spiro atoms. The Kier molecular flexibility index (Phi) is 6.59. The first-order valence-corrected chi connectivity index (χ1v) is 8.08. The first-order valence-electron chi connectivity index (χ1n) is 7.70. The van der Waals surface area contributed by atoms with Gasteiger partial charge in [0.2, 0.25) is 5.91 Å². The van der Waals surface area contributed by atoms with Gasteiger partial charge >= 0.3 is 6.61 Å². The van der Waals surface area contributed by atoms with Crippen molar-refractivity contribution in [1.29, 1.82) is 0 Å². The normalized spacial score (nSPS) is 17.1. The maximum absolute atomic E-state index is 12.2. The SMILES string of the molecule is CC(CC(=O)Nc1ccc(OC(F)F)c(Cl)c1)C1CCNCC1. The topological polar surface area (TPSA) is 50.4 Å². The van der Waals surface area contributed by atoms with Gasteiger partial charge in [-0.25, -0.2) is 0 Å². The molecule has 1 saturated heterocycles. The van der Waals surface area contributed by atoms with Gasteiger partial charge in [0.15, 0.2) is 0 Å². The fourth-order valence-electron chi connectivity index (χ4n) is 2.85. The van der Waals surface area contributed by atoms with E-state index in [9.17, 15) is 13.6 Å². The third-order valence-corrected chi connectivity index (χ3v) is 4.42. The Morgan fingerprint density at radius 1 is 1.43 bits per heavy atom. The molecule has 2 rings (SSSR count). The third kappa shape index (κ3) is 5.62. The van der Waals surface area contributed by atoms with Crippen molar-refractivity contribution in [3.8, 4) is 5.75 Å². The summed E-state index contributed by atoms with van der Waals surface area (Å²) in [4.78, 5) is 12.1. The Hall–Kier alpha value is -1.40. The number of amides is 1. The van der Waals surface area contributed by atoms with Crippen LogP contribution in [0.4, 0.5) is 14.5 Å². The highest BCUT2D eigenvalue weighted by Crippen LogP contribution is 2.29. The van der Waals surface area contributed by atoms with E-state index in [2.05, 4.69) is 22.3 Å². The van der Waals surface area contributed by atoms with E-state index in [0.717, 1.165) is 25.9 Å². The van der Waals surface area contributed by atoms with Crippen molar-refractivity contribution in [2.24, 2.45) is 11.8 Å². The Morgan fingerprint density at radius 2 is 2.13 bits per heavy atom. The number of carbonyl (C=O) groups is 1. The lowest BCUT2D eigenvalue weighted by molar-refractivity contribution is -0.117. The maximum Gasteiger partial charge on any atom is 0.387 e. The molecule has 1 fully saturated rings. The highest BCUT2D eigenvalue weighted by atomic mass is 35.5. The number of piperidine rings is 1. The number of benzene rings is 1. The highest BCUT2D eigenvalue weighted by Gasteiger charge is 2.22. The summed E-state index contributed by atoms with van der Waals surface area (Å²) < 4.78 is 28.6. The molecule has 128 valence electrons. The molecule has 1 aliphatic rings. The highest BCUT2D eigenvalue weighted by molar-refractivity contribution is 6.32. The van der Waals surface area contributed by atoms with Crippen LogP contribution in [0.15, 0.2) is 18.2 Å². The predicted molar refractivity (Wildman–Crippen MR) is 86.1 cm³/mol. The van der Waals surface area contributed by atoms with Crippen molar-refractivity contribution in [3.63, 3.8) is 0 Å². The van der Waals surface area contributed by atoms with Crippen LogP contribution < -0.4 is 15.4 Å². The molecule has 1 aromatic carbocycles. The van der Waals surface area contributed by atoms with Crippen LogP contribution in [-0.4, -0.2) is 25.6 Å². The van der Waals surface area contributed by atoms with Crippen LogP contribution in [0.5, 0.6) is 5.75 Å². The molecule has 0 bridgehead atoms. The zero-order valence-electron chi connectivity index (χ0n) is 13.0. The van der Waals surface area contributed by atoms with Crippen LogP contribution in [-0.2, 0) is 4.79 Å². The molecule has 1 amide bonds.